The van der Waals surface area contributed by atoms with Gasteiger partial charge in [0.2, 0.25) is 0 Å². The molecule has 0 N–H and O–H groups in total. The molecule has 0 bridgehead atoms. The van der Waals surface area contributed by atoms with E-state index >= 15 is 0 Å². The first kappa shape index (κ1) is 18.8. The minimum absolute atomic E-state index is 0.226. The molecule has 1 aromatic carbocycles. The van der Waals surface area contributed by atoms with Crippen LogP contribution in [0.25, 0.3) is 0 Å². The molecule has 0 atom stereocenters. The van der Waals surface area contributed by atoms with Gasteiger partial charge in [-0.15, -0.1) is 0 Å². The fourth-order valence-corrected chi connectivity index (χ4v) is 2.34. The summed E-state index contributed by atoms with van der Waals surface area (Å²) in [6, 6.07) is 9.40. The number of carbonyl (C=O) groups is 1. The van der Waals surface area contributed by atoms with Crippen LogP contribution in [0.1, 0.15) is 31.2 Å². The molecule has 136 valence electrons. The van der Waals surface area contributed by atoms with Crippen molar-refractivity contribution in [2.75, 3.05) is 19.8 Å². The Hall–Kier alpha value is -2.50. The Labute approximate surface area is 148 Å². The second-order valence-corrected chi connectivity index (χ2v) is 5.79. The minimum atomic E-state index is -0.250. The normalized spacial score (nSPS) is 10.5. The van der Waals surface area contributed by atoms with Gasteiger partial charge in [-0.1, -0.05) is 6.92 Å². The zero-order valence-electron chi connectivity index (χ0n) is 15.2. The third-order valence-electron chi connectivity index (χ3n) is 3.54. The van der Waals surface area contributed by atoms with Crippen LogP contribution in [0.3, 0.4) is 0 Å². The highest BCUT2D eigenvalue weighted by Gasteiger charge is 2.06. The number of ether oxygens (including phenoxy) is 3. The molecule has 1 aromatic heterocycles. The molecular weight excluding hydrogens is 320 g/mol. The van der Waals surface area contributed by atoms with E-state index in [1.165, 1.54) is 0 Å². The quantitative estimate of drug-likeness (QED) is 0.488. The van der Waals surface area contributed by atoms with Gasteiger partial charge in [0.25, 0.3) is 0 Å². The lowest BCUT2D eigenvalue weighted by molar-refractivity contribution is -0.144. The lowest BCUT2D eigenvalue weighted by atomic mass is 10.3. The summed E-state index contributed by atoms with van der Waals surface area (Å²) in [5.41, 5.74) is 1.99. The Morgan fingerprint density at radius 3 is 2.24 bits per heavy atom. The third kappa shape index (κ3) is 6.49. The van der Waals surface area contributed by atoms with Gasteiger partial charge in [0.1, 0.15) is 24.7 Å². The van der Waals surface area contributed by atoms with Gasteiger partial charge in [0.15, 0.2) is 0 Å². The molecule has 2 rings (SSSR count). The zero-order chi connectivity index (χ0) is 18.1. The van der Waals surface area contributed by atoms with Crippen LogP contribution in [0.5, 0.6) is 11.5 Å². The number of hydrogen-bond acceptors (Lipinski definition) is 5. The zero-order valence-corrected chi connectivity index (χ0v) is 15.2. The smallest absolute Gasteiger partial charge is 0.307 e. The van der Waals surface area contributed by atoms with Gasteiger partial charge in [-0.3, -0.25) is 9.48 Å². The Bertz CT molecular complexity index is 665. The molecule has 2 aromatic rings. The van der Waals surface area contributed by atoms with Crippen LogP contribution in [-0.4, -0.2) is 35.6 Å². The maximum atomic E-state index is 11.8. The highest BCUT2D eigenvalue weighted by Crippen LogP contribution is 2.17. The van der Waals surface area contributed by atoms with Crippen molar-refractivity contribution in [3.05, 3.63) is 41.7 Å². The summed E-state index contributed by atoms with van der Waals surface area (Å²) in [7, 11) is 0. The maximum absolute atomic E-state index is 11.8. The molecule has 0 aliphatic rings. The number of rotatable bonds is 10. The Balaban J connectivity index is 1.62. The highest BCUT2D eigenvalue weighted by molar-refractivity contribution is 5.69. The average Bonchev–Trinajstić information content (AvgIpc) is 2.93. The predicted octanol–water partition coefficient (Wildman–Crippen LogP) is 3.30. The molecule has 0 radical (unpaired) electrons. The monoisotopic (exact) mass is 346 g/mol. The van der Waals surface area contributed by atoms with Crippen LogP contribution in [0.2, 0.25) is 0 Å². The summed E-state index contributed by atoms with van der Waals surface area (Å²) in [5.74, 6) is 1.30. The molecule has 25 heavy (non-hydrogen) atoms. The average molecular weight is 346 g/mol. The van der Waals surface area contributed by atoms with Crippen molar-refractivity contribution >= 4 is 5.97 Å². The van der Waals surface area contributed by atoms with Crippen LogP contribution in [-0.2, 0) is 16.1 Å². The van der Waals surface area contributed by atoms with E-state index in [1.807, 2.05) is 48.9 Å². The number of benzene rings is 1. The number of aryl methyl sites for hydroxylation is 3. The van der Waals surface area contributed by atoms with Gasteiger partial charge in [-0.05, 0) is 50.6 Å². The summed E-state index contributed by atoms with van der Waals surface area (Å²) >= 11 is 0. The van der Waals surface area contributed by atoms with Crippen molar-refractivity contribution in [1.82, 2.24) is 9.78 Å². The van der Waals surface area contributed by atoms with Crippen molar-refractivity contribution < 1.29 is 19.0 Å². The Morgan fingerprint density at radius 1 is 1.04 bits per heavy atom. The van der Waals surface area contributed by atoms with Gasteiger partial charge in [0, 0.05) is 5.69 Å². The number of nitrogens with zero attached hydrogens (tertiary/aromatic N) is 2. The van der Waals surface area contributed by atoms with Crippen LogP contribution in [0, 0.1) is 13.8 Å². The van der Waals surface area contributed by atoms with Crippen molar-refractivity contribution in [2.24, 2.45) is 0 Å². The van der Waals surface area contributed by atoms with Crippen molar-refractivity contribution in [3.63, 3.8) is 0 Å². The topological polar surface area (TPSA) is 62.6 Å². The molecule has 0 unspecified atom stereocenters. The molecule has 6 nitrogen and oxygen atoms in total. The molecule has 0 aliphatic carbocycles. The number of esters is 1. The standard InChI is InChI=1S/C19H26N2O4/c1-4-11-23-17-5-7-18(8-6-17)24-12-13-25-19(22)9-10-21-16(3)14-15(2)20-21/h5-8,14H,4,9-13H2,1-3H3. The Morgan fingerprint density at radius 2 is 1.68 bits per heavy atom. The summed E-state index contributed by atoms with van der Waals surface area (Å²) in [4.78, 5) is 11.8. The van der Waals surface area contributed by atoms with Crippen LogP contribution in [0.4, 0.5) is 0 Å². The summed E-state index contributed by atoms with van der Waals surface area (Å²) < 4.78 is 18.1. The first-order chi connectivity index (χ1) is 12.1. The molecule has 0 spiro atoms. The van der Waals surface area contributed by atoms with Crippen molar-refractivity contribution in [1.29, 1.82) is 0 Å². The largest absolute Gasteiger partial charge is 0.494 e. The fourth-order valence-electron chi connectivity index (χ4n) is 2.34. The molecule has 0 aliphatic heterocycles. The van der Waals surface area contributed by atoms with Gasteiger partial charge >= 0.3 is 5.97 Å². The highest BCUT2D eigenvalue weighted by atomic mass is 16.6. The van der Waals surface area contributed by atoms with Crippen molar-refractivity contribution in [2.45, 2.75) is 40.2 Å². The van der Waals surface area contributed by atoms with E-state index in [-0.39, 0.29) is 12.6 Å². The van der Waals surface area contributed by atoms with E-state index in [1.54, 1.807) is 0 Å². The first-order valence-electron chi connectivity index (χ1n) is 8.61. The van der Waals surface area contributed by atoms with Gasteiger partial charge < -0.3 is 14.2 Å². The lowest BCUT2D eigenvalue weighted by Crippen LogP contribution is -2.15. The van der Waals surface area contributed by atoms with Crippen molar-refractivity contribution in [3.8, 4) is 11.5 Å². The summed E-state index contributed by atoms with van der Waals surface area (Å²) in [5, 5.41) is 4.32. The number of hydrogen-bond donors (Lipinski definition) is 0. The molecule has 0 saturated heterocycles. The molecule has 0 fully saturated rings. The van der Waals surface area contributed by atoms with Gasteiger partial charge in [0.05, 0.1) is 25.3 Å². The predicted molar refractivity (Wildman–Crippen MR) is 95.0 cm³/mol. The molecule has 1 heterocycles. The van der Waals surface area contributed by atoms with Crippen LogP contribution < -0.4 is 9.47 Å². The van der Waals surface area contributed by atoms with E-state index in [9.17, 15) is 4.79 Å². The fraction of sp³-hybridized carbons (Fsp3) is 0.474. The van der Waals surface area contributed by atoms with E-state index in [4.69, 9.17) is 14.2 Å². The second kappa shape index (κ2) is 9.71. The third-order valence-corrected chi connectivity index (χ3v) is 3.54. The van der Waals surface area contributed by atoms with E-state index in [0.29, 0.717) is 26.2 Å². The second-order valence-electron chi connectivity index (χ2n) is 5.79. The first-order valence-corrected chi connectivity index (χ1v) is 8.61. The van der Waals surface area contributed by atoms with Gasteiger partial charge in [-0.25, -0.2) is 0 Å². The maximum Gasteiger partial charge on any atom is 0.307 e. The van der Waals surface area contributed by atoms with Crippen LogP contribution >= 0.6 is 0 Å². The SMILES string of the molecule is CCCOc1ccc(OCCOC(=O)CCn2nc(C)cc2C)cc1. The van der Waals surface area contributed by atoms with Gasteiger partial charge in [-0.2, -0.15) is 5.10 Å². The summed E-state index contributed by atoms with van der Waals surface area (Å²) in [6.07, 6.45) is 1.27. The van der Waals surface area contributed by atoms with E-state index in [0.717, 1.165) is 29.3 Å². The van der Waals surface area contributed by atoms with E-state index < -0.39 is 0 Å². The molecule has 6 heteroatoms. The number of carbonyl (C=O) groups excluding carboxylic acids is 1. The minimum Gasteiger partial charge on any atom is -0.494 e. The number of aromatic nitrogens is 2. The molecule has 0 saturated carbocycles. The Kier molecular flexibility index (Phi) is 7.32. The van der Waals surface area contributed by atoms with Crippen LogP contribution in [0.15, 0.2) is 30.3 Å². The molecule has 0 amide bonds. The lowest BCUT2D eigenvalue weighted by Gasteiger charge is -2.09. The summed E-state index contributed by atoms with van der Waals surface area (Å²) in [6.45, 7) is 7.74. The molecular formula is C19H26N2O4. The van der Waals surface area contributed by atoms with E-state index in [2.05, 4.69) is 12.0 Å².